The second-order valence-corrected chi connectivity index (χ2v) is 11.1. The highest BCUT2D eigenvalue weighted by Crippen LogP contribution is 2.30. The molecule has 202 valence electrons. The van der Waals surface area contributed by atoms with Gasteiger partial charge in [0.25, 0.3) is 11.8 Å². The predicted octanol–water partition coefficient (Wildman–Crippen LogP) is 7.90. The summed E-state index contributed by atoms with van der Waals surface area (Å²) in [7, 11) is 0. The number of nitrogens with one attached hydrogen (secondary N) is 3. The number of anilines is 2. The highest BCUT2D eigenvalue weighted by Gasteiger charge is 2.15. The third kappa shape index (κ3) is 8.47. The molecule has 0 aliphatic rings. The minimum atomic E-state index is -0.481. The fourth-order valence-corrected chi connectivity index (χ4v) is 4.75. The van der Waals surface area contributed by atoms with Crippen LogP contribution in [0.15, 0.2) is 112 Å². The molecule has 0 fully saturated rings. The minimum absolute atomic E-state index is 0.0889. The standard InChI is InChI=1S/C30H22BrCl2N3O3S/c31-21-11-9-19(10-12-21)17-26(36-29(38)20-5-2-1-3-6-20)30(39)34-22-13-15-23(16-14-22)40-18-27(37)35-25-8-4-7-24(32)28(25)33/h1-17H,18H2,(H,34,39)(H,35,37)(H,36,38)/b26-17-. The second kappa shape index (κ2) is 14.2. The second-order valence-electron chi connectivity index (χ2n) is 8.35. The van der Waals surface area contributed by atoms with Gasteiger partial charge in [-0.15, -0.1) is 11.8 Å². The van der Waals surface area contributed by atoms with Crippen molar-refractivity contribution < 1.29 is 14.4 Å². The Hall–Kier alpha value is -3.56. The number of halogens is 3. The van der Waals surface area contributed by atoms with E-state index in [1.807, 2.05) is 30.3 Å². The summed E-state index contributed by atoms with van der Waals surface area (Å²) in [6, 6.07) is 28.1. The maximum absolute atomic E-state index is 13.2. The smallest absolute Gasteiger partial charge is 0.272 e. The first kappa shape index (κ1) is 29.4. The number of benzene rings is 4. The maximum atomic E-state index is 13.2. The van der Waals surface area contributed by atoms with Crippen LogP contribution in [0.3, 0.4) is 0 Å². The van der Waals surface area contributed by atoms with E-state index < -0.39 is 11.8 Å². The molecule has 0 aromatic heterocycles. The zero-order valence-corrected chi connectivity index (χ0v) is 24.7. The Labute approximate surface area is 254 Å². The zero-order valence-electron chi connectivity index (χ0n) is 20.8. The van der Waals surface area contributed by atoms with Crippen LogP contribution in [-0.2, 0) is 9.59 Å². The molecule has 0 bridgehead atoms. The Morgan fingerprint density at radius 1 is 0.800 bits per heavy atom. The lowest BCUT2D eigenvalue weighted by Gasteiger charge is -2.12. The first-order valence-corrected chi connectivity index (χ1v) is 14.4. The molecule has 4 aromatic rings. The molecule has 0 radical (unpaired) electrons. The van der Waals surface area contributed by atoms with E-state index >= 15 is 0 Å². The van der Waals surface area contributed by atoms with Crippen molar-refractivity contribution in [1.29, 1.82) is 0 Å². The number of thioether (sulfide) groups is 1. The van der Waals surface area contributed by atoms with Gasteiger partial charge < -0.3 is 16.0 Å². The van der Waals surface area contributed by atoms with Crippen LogP contribution in [0.2, 0.25) is 10.0 Å². The normalized spacial score (nSPS) is 11.0. The van der Waals surface area contributed by atoms with Crippen LogP contribution in [-0.4, -0.2) is 23.5 Å². The predicted molar refractivity (Wildman–Crippen MR) is 167 cm³/mol. The van der Waals surface area contributed by atoms with Crippen LogP contribution in [0.4, 0.5) is 11.4 Å². The maximum Gasteiger partial charge on any atom is 0.272 e. The van der Waals surface area contributed by atoms with E-state index in [0.717, 1.165) is 14.9 Å². The Bertz CT molecular complexity index is 1550. The molecule has 0 saturated carbocycles. The van der Waals surface area contributed by atoms with E-state index in [0.29, 0.717) is 22.0 Å². The van der Waals surface area contributed by atoms with Crippen LogP contribution in [0.5, 0.6) is 0 Å². The molecule has 4 rings (SSSR count). The van der Waals surface area contributed by atoms with Crippen molar-refractivity contribution in [3.63, 3.8) is 0 Å². The van der Waals surface area contributed by atoms with Crippen LogP contribution < -0.4 is 16.0 Å². The van der Waals surface area contributed by atoms with Gasteiger partial charge >= 0.3 is 0 Å². The Morgan fingerprint density at radius 3 is 2.20 bits per heavy atom. The van der Waals surface area contributed by atoms with Gasteiger partial charge in [0.15, 0.2) is 0 Å². The van der Waals surface area contributed by atoms with Crippen molar-refractivity contribution in [3.05, 3.63) is 128 Å². The number of hydrogen-bond acceptors (Lipinski definition) is 4. The number of carbonyl (C=O) groups excluding carboxylic acids is 3. The molecule has 6 nitrogen and oxygen atoms in total. The van der Waals surface area contributed by atoms with Gasteiger partial charge in [-0.3, -0.25) is 14.4 Å². The van der Waals surface area contributed by atoms with Gasteiger partial charge in [0, 0.05) is 20.6 Å². The third-order valence-electron chi connectivity index (χ3n) is 5.42. The van der Waals surface area contributed by atoms with Crippen molar-refractivity contribution in [2.45, 2.75) is 4.90 Å². The number of carbonyl (C=O) groups is 3. The monoisotopic (exact) mass is 653 g/mol. The summed E-state index contributed by atoms with van der Waals surface area (Å²) < 4.78 is 0.896. The Balaban J connectivity index is 1.40. The largest absolute Gasteiger partial charge is 0.324 e. The summed E-state index contributed by atoms with van der Waals surface area (Å²) >= 11 is 16.8. The average Bonchev–Trinajstić information content (AvgIpc) is 2.96. The summed E-state index contributed by atoms with van der Waals surface area (Å²) in [5.74, 6) is -0.961. The first-order valence-electron chi connectivity index (χ1n) is 11.9. The fourth-order valence-electron chi connectivity index (χ4n) is 3.44. The van der Waals surface area contributed by atoms with Crippen molar-refractivity contribution in [1.82, 2.24) is 5.32 Å². The van der Waals surface area contributed by atoms with Gasteiger partial charge in [0.05, 0.1) is 21.5 Å². The molecule has 40 heavy (non-hydrogen) atoms. The van der Waals surface area contributed by atoms with Crippen LogP contribution in [0, 0.1) is 0 Å². The molecule has 0 aliphatic heterocycles. The molecule has 0 unspecified atom stereocenters. The topological polar surface area (TPSA) is 87.3 Å². The fraction of sp³-hybridized carbons (Fsp3) is 0.0333. The summed E-state index contributed by atoms with van der Waals surface area (Å²) in [6.45, 7) is 0. The minimum Gasteiger partial charge on any atom is -0.324 e. The molecule has 0 spiro atoms. The van der Waals surface area contributed by atoms with Crippen molar-refractivity contribution >= 4 is 86.1 Å². The summed E-state index contributed by atoms with van der Waals surface area (Å²) in [6.07, 6.45) is 1.61. The molecule has 3 amide bonds. The molecule has 0 atom stereocenters. The van der Waals surface area contributed by atoms with Gasteiger partial charge in [-0.1, -0.05) is 75.5 Å². The van der Waals surface area contributed by atoms with E-state index in [-0.39, 0.29) is 22.4 Å². The van der Waals surface area contributed by atoms with Crippen LogP contribution in [0.1, 0.15) is 15.9 Å². The Morgan fingerprint density at radius 2 is 1.50 bits per heavy atom. The van der Waals surface area contributed by atoms with Gasteiger partial charge in [-0.05, 0) is 72.3 Å². The van der Waals surface area contributed by atoms with E-state index in [9.17, 15) is 14.4 Å². The molecule has 4 aromatic carbocycles. The van der Waals surface area contributed by atoms with Crippen molar-refractivity contribution in [3.8, 4) is 0 Å². The lowest BCUT2D eigenvalue weighted by molar-refractivity contribution is -0.114. The zero-order chi connectivity index (χ0) is 28.5. The molecule has 0 saturated heterocycles. The quantitative estimate of drug-likeness (QED) is 0.127. The van der Waals surface area contributed by atoms with Crippen LogP contribution in [0.25, 0.3) is 6.08 Å². The molecule has 0 heterocycles. The SMILES string of the molecule is O=C(CSc1ccc(NC(=O)/C(=C/c2ccc(Br)cc2)NC(=O)c2ccccc2)cc1)Nc1cccc(Cl)c1Cl. The van der Waals surface area contributed by atoms with E-state index in [4.69, 9.17) is 23.2 Å². The third-order valence-corrected chi connectivity index (χ3v) is 7.78. The van der Waals surface area contributed by atoms with E-state index in [2.05, 4.69) is 31.9 Å². The molecule has 3 N–H and O–H groups in total. The van der Waals surface area contributed by atoms with E-state index in [1.165, 1.54) is 11.8 Å². The summed E-state index contributed by atoms with van der Waals surface area (Å²) in [4.78, 5) is 39.2. The van der Waals surface area contributed by atoms with Crippen molar-refractivity contribution in [2.75, 3.05) is 16.4 Å². The summed E-state index contributed by atoms with van der Waals surface area (Å²) in [5.41, 5.74) is 2.24. The van der Waals surface area contributed by atoms with Crippen LogP contribution >= 0.6 is 50.9 Å². The molecular weight excluding hydrogens is 633 g/mol. The van der Waals surface area contributed by atoms with Gasteiger partial charge in [-0.25, -0.2) is 0 Å². The first-order chi connectivity index (χ1) is 19.3. The number of hydrogen-bond donors (Lipinski definition) is 3. The lowest BCUT2D eigenvalue weighted by atomic mass is 10.1. The average molecular weight is 655 g/mol. The van der Waals surface area contributed by atoms with Gasteiger partial charge in [-0.2, -0.15) is 0 Å². The van der Waals surface area contributed by atoms with Gasteiger partial charge in [0.1, 0.15) is 5.70 Å². The van der Waals surface area contributed by atoms with E-state index in [1.54, 1.807) is 72.8 Å². The lowest BCUT2D eigenvalue weighted by Crippen LogP contribution is -2.30. The number of rotatable bonds is 9. The highest BCUT2D eigenvalue weighted by molar-refractivity contribution is 9.10. The Kier molecular flexibility index (Phi) is 10.4. The molecular formula is C30H22BrCl2N3O3S. The highest BCUT2D eigenvalue weighted by atomic mass is 79.9. The summed E-state index contributed by atoms with van der Waals surface area (Å²) in [5, 5.41) is 8.93. The van der Waals surface area contributed by atoms with Gasteiger partial charge in [0.2, 0.25) is 5.91 Å². The van der Waals surface area contributed by atoms with Crippen molar-refractivity contribution in [2.24, 2.45) is 0 Å². The molecule has 0 aliphatic carbocycles. The molecule has 10 heteroatoms. The number of amides is 3.